The molecule has 0 radical (unpaired) electrons. The van der Waals surface area contributed by atoms with E-state index in [1.54, 1.807) is 0 Å². The molecule has 0 spiro atoms. The van der Waals surface area contributed by atoms with E-state index in [1.165, 1.54) is 25.7 Å². The van der Waals surface area contributed by atoms with E-state index in [4.69, 9.17) is 5.11 Å². The van der Waals surface area contributed by atoms with E-state index in [0.717, 1.165) is 32.1 Å². The van der Waals surface area contributed by atoms with Crippen LogP contribution < -0.4 is 0 Å². The molecule has 3 N–H and O–H groups in total. The minimum absolute atomic E-state index is 0.179. The Morgan fingerprint density at radius 2 is 1.68 bits per heavy atom. The SMILES string of the molecule is CC(CCC(=O)O)[C@H]1CCC2C3C(CC[C@@]21C)[C@@]1(C)CC[C@H](O)CC1C[C@@H]3O. The Morgan fingerprint density at radius 1 is 1.00 bits per heavy atom. The minimum Gasteiger partial charge on any atom is -0.481 e. The first-order valence-corrected chi connectivity index (χ1v) is 11.7. The van der Waals surface area contributed by atoms with Gasteiger partial charge in [-0.1, -0.05) is 20.8 Å². The molecule has 0 heterocycles. The Morgan fingerprint density at radius 3 is 2.39 bits per heavy atom. The first-order valence-electron chi connectivity index (χ1n) is 11.7. The maximum atomic E-state index is 11.2. The zero-order valence-electron chi connectivity index (χ0n) is 17.9. The number of rotatable bonds is 4. The molecule has 0 aliphatic heterocycles. The maximum Gasteiger partial charge on any atom is 0.303 e. The molecule has 28 heavy (non-hydrogen) atoms. The third-order valence-electron chi connectivity index (χ3n) is 10.2. The van der Waals surface area contributed by atoms with Crippen LogP contribution in [0.4, 0.5) is 0 Å². The van der Waals surface area contributed by atoms with Crippen LogP contribution in [0.2, 0.25) is 0 Å². The van der Waals surface area contributed by atoms with Crippen LogP contribution in [-0.2, 0) is 4.79 Å². The normalized spacial score (nSPS) is 51.7. The summed E-state index contributed by atoms with van der Waals surface area (Å²) < 4.78 is 0. The third-order valence-corrected chi connectivity index (χ3v) is 10.2. The quantitative estimate of drug-likeness (QED) is 0.659. The molecule has 0 aromatic rings. The van der Waals surface area contributed by atoms with Gasteiger partial charge in [-0.2, -0.15) is 0 Å². The minimum atomic E-state index is -0.684. The Kier molecular flexibility index (Phi) is 5.36. The van der Waals surface area contributed by atoms with Gasteiger partial charge in [0.25, 0.3) is 0 Å². The van der Waals surface area contributed by atoms with Gasteiger partial charge in [-0.25, -0.2) is 0 Å². The van der Waals surface area contributed by atoms with Crippen molar-refractivity contribution < 1.29 is 20.1 Å². The molecule has 0 aromatic heterocycles. The fourth-order valence-electron chi connectivity index (χ4n) is 8.73. The van der Waals surface area contributed by atoms with Crippen molar-refractivity contribution in [3.63, 3.8) is 0 Å². The second-order valence-electron chi connectivity index (χ2n) is 11.4. The zero-order chi connectivity index (χ0) is 20.3. The second-order valence-corrected chi connectivity index (χ2v) is 11.4. The number of fused-ring (bicyclic) bond motifs is 5. The van der Waals surface area contributed by atoms with E-state index in [1.807, 2.05) is 0 Å². The van der Waals surface area contributed by atoms with E-state index < -0.39 is 5.97 Å². The van der Waals surface area contributed by atoms with Crippen LogP contribution in [-0.4, -0.2) is 33.5 Å². The van der Waals surface area contributed by atoms with Crippen molar-refractivity contribution in [2.75, 3.05) is 0 Å². The number of carbonyl (C=O) groups is 1. The Balaban J connectivity index is 1.55. The summed E-state index contributed by atoms with van der Waals surface area (Å²) in [5.74, 6) is 2.36. The molecule has 5 unspecified atom stereocenters. The molecule has 4 heteroatoms. The smallest absolute Gasteiger partial charge is 0.303 e. The summed E-state index contributed by atoms with van der Waals surface area (Å²) in [5.41, 5.74) is 0.523. The van der Waals surface area contributed by atoms with Gasteiger partial charge < -0.3 is 15.3 Å². The highest BCUT2D eigenvalue weighted by Crippen LogP contribution is 2.68. The lowest BCUT2D eigenvalue weighted by atomic mass is 9.43. The van der Waals surface area contributed by atoms with Crippen molar-refractivity contribution in [3.8, 4) is 0 Å². The highest BCUT2D eigenvalue weighted by atomic mass is 16.4. The summed E-state index contributed by atoms with van der Waals surface area (Å²) in [5, 5.41) is 30.5. The lowest BCUT2D eigenvalue weighted by molar-refractivity contribution is -0.174. The third kappa shape index (κ3) is 3.14. The first-order chi connectivity index (χ1) is 13.2. The van der Waals surface area contributed by atoms with Crippen LogP contribution in [0.1, 0.15) is 85.0 Å². The zero-order valence-corrected chi connectivity index (χ0v) is 17.9. The molecule has 0 aromatic carbocycles. The largest absolute Gasteiger partial charge is 0.481 e. The lowest BCUT2D eigenvalue weighted by Gasteiger charge is -2.62. The molecular weight excluding hydrogens is 352 g/mol. The van der Waals surface area contributed by atoms with Gasteiger partial charge >= 0.3 is 5.97 Å². The van der Waals surface area contributed by atoms with Gasteiger partial charge in [0, 0.05) is 6.42 Å². The number of aliphatic hydroxyl groups is 2. The summed E-state index contributed by atoms with van der Waals surface area (Å²) in [4.78, 5) is 11.1. The van der Waals surface area contributed by atoms with Crippen molar-refractivity contribution in [2.24, 2.45) is 46.3 Å². The van der Waals surface area contributed by atoms with Gasteiger partial charge in [0.1, 0.15) is 0 Å². The Hall–Kier alpha value is -0.610. The van der Waals surface area contributed by atoms with Crippen molar-refractivity contribution in [3.05, 3.63) is 0 Å². The van der Waals surface area contributed by atoms with E-state index >= 15 is 0 Å². The van der Waals surface area contributed by atoms with Gasteiger partial charge in [-0.15, -0.1) is 0 Å². The van der Waals surface area contributed by atoms with Crippen LogP contribution in [0.15, 0.2) is 0 Å². The predicted molar refractivity (Wildman–Crippen MR) is 109 cm³/mol. The number of carboxylic acids is 1. The van der Waals surface area contributed by atoms with Crippen molar-refractivity contribution in [1.29, 1.82) is 0 Å². The molecule has 4 aliphatic carbocycles. The van der Waals surface area contributed by atoms with Gasteiger partial charge in [-0.3, -0.25) is 4.79 Å². The van der Waals surface area contributed by atoms with Crippen LogP contribution >= 0.6 is 0 Å². The number of aliphatic carboxylic acids is 1. The molecule has 4 saturated carbocycles. The van der Waals surface area contributed by atoms with E-state index in [-0.39, 0.29) is 29.5 Å². The Bertz CT molecular complexity index is 605. The molecule has 10 atom stereocenters. The molecular formula is C24H40O4. The molecule has 4 rings (SSSR count). The van der Waals surface area contributed by atoms with Gasteiger partial charge in [0.05, 0.1) is 12.2 Å². The van der Waals surface area contributed by atoms with Crippen molar-refractivity contribution in [1.82, 2.24) is 0 Å². The monoisotopic (exact) mass is 392 g/mol. The fourth-order valence-corrected chi connectivity index (χ4v) is 8.73. The van der Waals surface area contributed by atoms with Crippen LogP contribution in [0, 0.1) is 46.3 Å². The molecule has 4 aliphatic rings. The van der Waals surface area contributed by atoms with E-state index in [9.17, 15) is 15.0 Å². The van der Waals surface area contributed by atoms with Gasteiger partial charge in [-0.05, 0) is 104 Å². The number of hydrogen-bond donors (Lipinski definition) is 3. The highest BCUT2D eigenvalue weighted by molar-refractivity contribution is 5.66. The van der Waals surface area contributed by atoms with E-state index in [2.05, 4.69) is 20.8 Å². The van der Waals surface area contributed by atoms with Gasteiger partial charge in [0.2, 0.25) is 0 Å². The predicted octanol–water partition coefficient (Wildman–Crippen LogP) is 4.48. The molecule has 160 valence electrons. The maximum absolute atomic E-state index is 11.2. The molecule has 4 fully saturated rings. The van der Waals surface area contributed by atoms with E-state index in [0.29, 0.717) is 35.5 Å². The van der Waals surface area contributed by atoms with Crippen LogP contribution in [0.3, 0.4) is 0 Å². The molecule has 0 bridgehead atoms. The molecule has 4 nitrogen and oxygen atoms in total. The van der Waals surface area contributed by atoms with Crippen molar-refractivity contribution >= 4 is 5.97 Å². The second kappa shape index (κ2) is 7.27. The summed E-state index contributed by atoms with van der Waals surface area (Å²) in [7, 11) is 0. The first kappa shape index (κ1) is 20.7. The number of aliphatic hydroxyl groups excluding tert-OH is 2. The summed E-state index contributed by atoms with van der Waals surface area (Å²) >= 11 is 0. The van der Waals surface area contributed by atoms with Crippen LogP contribution in [0.25, 0.3) is 0 Å². The van der Waals surface area contributed by atoms with Crippen molar-refractivity contribution in [2.45, 2.75) is 97.2 Å². The Labute approximate surface area is 170 Å². The van der Waals surface area contributed by atoms with Gasteiger partial charge in [0.15, 0.2) is 0 Å². The molecule has 0 amide bonds. The lowest BCUT2D eigenvalue weighted by Crippen LogP contribution is -2.58. The standard InChI is InChI=1S/C24H40O4/c1-14(4-7-21(27)28)17-5-6-18-22-19(9-11-24(17,18)3)23(2)10-8-16(25)12-15(23)13-20(22)26/h14-20,22,25-26H,4-13H2,1-3H3,(H,27,28)/t14?,15?,16-,17+,18?,19?,20-,22?,23-,24+/m0/s1. The fraction of sp³-hybridized carbons (Fsp3) is 0.958. The number of carboxylic acid groups (broad SMARTS) is 1. The highest BCUT2D eigenvalue weighted by Gasteiger charge is 2.62. The average molecular weight is 393 g/mol. The summed E-state index contributed by atoms with van der Waals surface area (Å²) in [6, 6.07) is 0. The topological polar surface area (TPSA) is 77.8 Å². The number of hydrogen-bond acceptors (Lipinski definition) is 3. The van der Waals surface area contributed by atoms with Crippen LogP contribution in [0.5, 0.6) is 0 Å². The molecule has 0 saturated heterocycles. The summed E-state index contributed by atoms with van der Waals surface area (Å²) in [6.07, 6.45) is 9.19. The summed E-state index contributed by atoms with van der Waals surface area (Å²) in [6.45, 7) is 7.16. The average Bonchev–Trinajstić information content (AvgIpc) is 2.98.